The summed E-state index contributed by atoms with van der Waals surface area (Å²) in [6.45, 7) is 15.1. The van der Waals surface area contributed by atoms with Crippen LogP contribution in [-0.4, -0.2) is 58.1 Å². The third-order valence-corrected chi connectivity index (χ3v) is 8.76. The number of ether oxygens (including phenoxy) is 3. The molecule has 1 aromatic carbocycles. The van der Waals surface area contributed by atoms with Crippen LogP contribution in [0.2, 0.25) is 25.7 Å². The molecule has 1 saturated heterocycles. The van der Waals surface area contributed by atoms with Gasteiger partial charge >= 0.3 is 0 Å². The minimum atomic E-state index is -1.20. The highest BCUT2D eigenvalue weighted by molar-refractivity contribution is 6.76. The molecule has 4 aromatic rings. The summed E-state index contributed by atoms with van der Waals surface area (Å²) in [5.41, 5.74) is 4.87. The second-order valence-corrected chi connectivity index (χ2v) is 17.1. The molecule has 0 unspecified atom stereocenters. The average Bonchev–Trinajstić information content (AvgIpc) is 3.51. The van der Waals surface area contributed by atoms with E-state index in [1.165, 1.54) is 6.08 Å². The number of carbonyl (C=O) groups is 1. The normalized spacial score (nSPS) is 14.3. The van der Waals surface area contributed by atoms with Gasteiger partial charge in [0.15, 0.2) is 5.65 Å². The Morgan fingerprint density at radius 2 is 2.02 bits per heavy atom. The first kappa shape index (κ1) is 28.7. The molecule has 216 valence electrons. The van der Waals surface area contributed by atoms with Crippen molar-refractivity contribution in [3.05, 3.63) is 61.2 Å². The molecule has 10 nitrogen and oxygen atoms in total. The largest absolute Gasteiger partial charge is 0.437 e. The molecule has 1 amide bonds. The van der Waals surface area contributed by atoms with E-state index in [0.717, 1.165) is 48.9 Å². The van der Waals surface area contributed by atoms with Gasteiger partial charge in [-0.3, -0.25) is 9.48 Å². The lowest BCUT2D eigenvalue weighted by Crippen LogP contribution is -2.22. The maximum absolute atomic E-state index is 11.7. The van der Waals surface area contributed by atoms with Crippen molar-refractivity contribution in [3.8, 4) is 22.8 Å². The van der Waals surface area contributed by atoms with Gasteiger partial charge in [0.1, 0.15) is 18.0 Å². The Hall–Kier alpha value is -3.80. The number of amides is 1. The van der Waals surface area contributed by atoms with Crippen molar-refractivity contribution in [2.45, 2.75) is 58.2 Å². The molecule has 41 heavy (non-hydrogen) atoms. The number of nitrogens with one attached hydrogen (secondary N) is 1. The zero-order valence-electron chi connectivity index (χ0n) is 24.2. The Balaban J connectivity index is 1.47. The van der Waals surface area contributed by atoms with Crippen LogP contribution in [0.25, 0.3) is 22.3 Å². The Kier molecular flexibility index (Phi) is 8.67. The maximum atomic E-state index is 11.7. The number of rotatable bonds is 11. The Labute approximate surface area is 241 Å². The molecule has 1 fully saturated rings. The molecule has 0 atom stereocenters. The van der Waals surface area contributed by atoms with Crippen LogP contribution < -0.4 is 10.1 Å². The highest BCUT2D eigenvalue weighted by Gasteiger charge is 2.22. The fourth-order valence-corrected chi connectivity index (χ4v) is 5.51. The van der Waals surface area contributed by atoms with Crippen molar-refractivity contribution in [1.29, 1.82) is 0 Å². The van der Waals surface area contributed by atoms with Crippen molar-refractivity contribution < 1.29 is 19.0 Å². The minimum absolute atomic E-state index is 0.293. The van der Waals surface area contributed by atoms with Crippen LogP contribution in [0.3, 0.4) is 0 Å². The number of aryl methyl sites for hydroxylation is 1. The van der Waals surface area contributed by atoms with Crippen molar-refractivity contribution in [1.82, 2.24) is 24.3 Å². The minimum Gasteiger partial charge on any atom is -0.437 e. The van der Waals surface area contributed by atoms with Gasteiger partial charge in [-0.25, -0.2) is 9.97 Å². The number of benzene rings is 1. The lowest BCUT2D eigenvalue weighted by molar-refractivity contribution is -0.111. The topological polar surface area (TPSA) is 105 Å². The van der Waals surface area contributed by atoms with Gasteiger partial charge in [-0.05, 0) is 44.0 Å². The molecule has 1 aliphatic heterocycles. The highest BCUT2D eigenvalue weighted by atomic mass is 28.3. The monoisotopic (exact) mass is 574 g/mol. The van der Waals surface area contributed by atoms with Crippen LogP contribution in [0.1, 0.15) is 24.6 Å². The van der Waals surface area contributed by atoms with Gasteiger partial charge in [0.05, 0.1) is 17.9 Å². The first-order chi connectivity index (χ1) is 19.7. The highest BCUT2D eigenvalue weighted by Crippen LogP contribution is 2.34. The molecule has 1 N–H and O–H groups in total. The molecule has 11 heteroatoms. The van der Waals surface area contributed by atoms with Gasteiger partial charge in [-0.2, -0.15) is 5.10 Å². The summed E-state index contributed by atoms with van der Waals surface area (Å²) < 4.78 is 21.8. The number of carbonyl (C=O) groups excluding carboxylic acids is 1. The van der Waals surface area contributed by atoms with E-state index in [2.05, 4.69) is 42.4 Å². The molecule has 0 saturated carbocycles. The molecular weight excluding hydrogens is 536 g/mol. The van der Waals surface area contributed by atoms with E-state index in [1.54, 1.807) is 30.5 Å². The average molecular weight is 575 g/mol. The molecule has 3 aromatic heterocycles. The summed E-state index contributed by atoms with van der Waals surface area (Å²) >= 11 is 0. The molecule has 0 radical (unpaired) electrons. The Morgan fingerprint density at radius 1 is 1.22 bits per heavy atom. The molecule has 0 bridgehead atoms. The van der Waals surface area contributed by atoms with Gasteiger partial charge in [0.2, 0.25) is 11.8 Å². The van der Waals surface area contributed by atoms with Crippen molar-refractivity contribution in [2.24, 2.45) is 0 Å². The van der Waals surface area contributed by atoms with Crippen LogP contribution in [0.4, 0.5) is 5.69 Å². The van der Waals surface area contributed by atoms with E-state index in [-0.39, 0.29) is 5.91 Å². The number of hydrogen-bond donors (Lipinski definition) is 1. The van der Waals surface area contributed by atoms with Crippen LogP contribution in [0.5, 0.6) is 11.6 Å². The standard InChI is InChI=1S/C30H38N6O4Si/c1-6-27(37)32-22-8-7-9-24(16-22)40-28-17-31-30-29(33-28)26(18-35(30)20-39-14-15-41(3,4)5)25-19-36(34-21(25)2)23-10-12-38-13-11-23/h6-9,16-19,23H,1,10-15,20H2,2-5H3,(H,32,37). The second-order valence-electron chi connectivity index (χ2n) is 11.5. The fraction of sp³-hybridized carbons (Fsp3) is 0.400. The summed E-state index contributed by atoms with van der Waals surface area (Å²) in [4.78, 5) is 21.4. The number of fused-ring (bicyclic) bond motifs is 1. The van der Waals surface area contributed by atoms with Gasteiger partial charge < -0.3 is 24.1 Å². The molecule has 0 aliphatic carbocycles. The molecule has 0 spiro atoms. The van der Waals surface area contributed by atoms with Gasteiger partial charge in [0, 0.05) is 63.2 Å². The van der Waals surface area contributed by atoms with E-state index in [1.807, 2.05) is 17.7 Å². The SMILES string of the molecule is C=CC(=O)Nc1cccc(Oc2cnc3c(n2)c(-c2cn(C4CCOCC4)nc2C)cn3COCC[Si](C)(C)C)c1. The Morgan fingerprint density at radius 3 is 2.78 bits per heavy atom. The van der Waals surface area contributed by atoms with Crippen molar-refractivity contribution >= 4 is 30.8 Å². The molecule has 4 heterocycles. The van der Waals surface area contributed by atoms with Crippen LogP contribution in [-0.2, 0) is 21.0 Å². The zero-order chi connectivity index (χ0) is 29.0. The third-order valence-electron chi connectivity index (χ3n) is 7.05. The fourth-order valence-electron chi connectivity index (χ4n) is 4.76. The van der Waals surface area contributed by atoms with Gasteiger partial charge in [-0.15, -0.1) is 0 Å². The van der Waals surface area contributed by atoms with Crippen molar-refractivity contribution in [3.63, 3.8) is 0 Å². The maximum Gasteiger partial charge on any atom is 0.247 e. The lowest BCUT2D eigenvalue weighted by Gasteiger charge is -2.22. The molecule has 5 rings (SSSR count). The quantitative estimate of drug-likeness (QED) is 0.129. The van der Waals surface area contributed by atoms with Crippen LogP contribution in [0.15, 0.2) is 55.5 Å². The number of anilines is 1. The lowest BCUT2D eigenvalue weighted by atomic mass is 10.1. The number of aromatic nitrogens is 5. The Bertz CT molecular complexity index is 1530. The third kappa shape index (κ3) is 7.10. The van der Waals surface area contributed by atoms with E-state index < -0.39 is 8.07 Å². The smallest absolute Gasteiger partial charge is 0.247 e. The van der Waals surface area contributed by atoms with E-state index >= 15 is 0 Å². The van der Waals surface area contributed by atoms with Crippen LogP contribution in [0, 0.1) is 6.92 Å². The summed E-state index contributed by atoms with van der Waals surface area (Å²) in [5, 5.41) is 7.61. The zero-order valence-corrected chi connectivity index (χ0v) is 25.2. The van der Waals surface area contributed by atoms with E-state index in [4.69, 9.17) is 29.3 Å². The van der Waals surface area contributed by atoms with E-state index in [0.29, 0.717) is 47.9 Å². The van der Waals surface area contributed by atoms with Gasteiger partial charge in [0.25, 0.3) is 0 Å². The summed E-state index contributed by atoms with van der Waals surface area (Å²) in [7, 11) is -1.20. The predicted octanol–water partition coefficient (Wildman–Crippen LogP) is 6.18. The molecular formula is C30H38N6O4Si. The summed E-state index contributed by atoms with van der Waals surface area (Å²) in [6.07, 6.45) is 8.87. The first-order valence-electron chi connectivity index (χ1n) is 14.0. The summed E-state index contributed by atoms with van der Waals surface area (Å²) in [6, 6.07) is 8.51. The summed E-state index contributed by atoms with van der Waals surface area (Å²) in [5.74, 6) is 0.579. The molecule has 1 aliphatic rings. The number of nitrogens with zero attached hydrogens (tertiary/aromatic N) is 5. The number of hydrogen-bond acceptors (Lipinski definition) is 7. The predicted molar refractivity (Wildman–Crippen MR) is 162 cm³/mol. The van der Waals surface area contributed by atoms with E-state index in [9.17, 15) is 4.79 Å². The van der Waals surface area contributed by atoms with Crippen LogP contribution >= 0.6 is 0 Å². The second kappa shape index (κ2) is 12.4. The first-order valence-corrected chi connectivity index (χ1v) is 17.7. The van der Waals surface area contributed by atoms with Crippen molar-refractivity contribution in [2.75, 3.05) is 25.1 Å². The van der Waals surface area contributed by atoms with Gasteiger partial charge in [-0.1, -0.05) is 32.3 Å².